The van der Waals surface area contributed by atoms with Crippen molar-refractivity contribution in [2.24, 2.45) is 0 Å². The molecule has 0 aliphatic rings. The molecule has 20 heavy (non-hydrogen) atoms. The van der Waals surface area contributed by atoms with Crippen molar-refractivity contribution in [1.82, 2.24) is 0 Å². The largest absolute Gasteiger partial charge is 0.493 e. The van der Waals surface area contributed by atoms with E-state index in [1.807, 2.05) is 6.92 Å². The lowest BCUT2D eigenvalue weighted by Gasteiger charge is -2.18. The monoisotopic (exact) mass is 299 g/mol. The van der Waals surface area contributed by atoms with Crippen molar-refractivity contribution in [2.45, 2.75) is 36.8 Å². The van der Waals surface area contributed by atoms with E-state index in [1.165, 1.54) is 12.1 Å². The molecule has 7 heteroatoms. The second-order valence-electron chi connectivity index (χ2n) is 4.69. The fourth-order valence-electron chi connectivity index (χ4n) is 1.36. The van der Waals surface area contributed by atoms with Crippen molar-refractivity contribution in [2.75, 3.05) is 6.61 Å². The first-order valence-corrected chi connectivity index (χ1v) is 6.92. The Bertz CT molecular complexity index is 515. The lowest BCUT2D eigenvalue weighted by molar-refractivity contribution is -0.385. The van der Waals surface area contributed by atoms with Crippen LogP contribution in [0.15, 0.2) is 23.1 Å². The molecule has 0 aliphatic heterocycles. The predicted molar refractivity (Wildman–Crippen MR) is 76.5 cm³/mol. The molecule has 0 amide bonds. The first-order chi connectivity index (χ1) is 9.26. The van der Waals surface area contributed by atoms with E-state index in [0.717, 1.165) is 18.2 Å². The Morgan fingerprint density at radius 3 is 2.60 bits per heavy atom. The predicted octanol–water partition coefficient (Wildman–Crippen LogP) is 3.34. The Hall–Kier alpha value is -1.76. The van der Waals surface area contributed by atoms with E-state index in [0.29, 0.717) is 17.3 Å². The third-order valence-electron chi connectivity index (χ3n) is 2.44. The molecule has 0 radical (unpaired) electrons. The van der Waals surface area contributed by atoms with Gasteiger partial charge in [-0.2, -0.15) is 0 Å². The van der Waals surface area contributed by atoms with Crippen LogP contribution in [0.5, 0.6) is 5.75 Å². The van der Waals surface area contributed by atoms with Crippen molar-refractivity contribution in [1.29, 1.82) is 0 Å². The van der Waals surface area contributed by atoms with Gasteiger partial charge in [0.25, 0.3) is 5.69 Å². The van der Waals surface area contributed by atoms with Gasteiger partial charge in [0.05, 0.1) is 17.6 Å². The standard InChI is InChI=1S/C13H17NO5S/c1-4-5-19-10-6-9(14(17)18)7-11(8-10)20-13(2,3)12(15)16/h6-8H,4-5H2,1-3H3,(H,15,16). The average molecular weight is 299 g/mol. The maximum Gasteiger partial charge on any atom is 0.319 e. The lowest BCUT2D eigenvalue weighted by atomic mass is 10.2. The number of aliphatic carboxylic acids is 1. The molecule has 0 bridgehead atoms. The molecule has 0 unspecified atom stereocenters. The second-order valence-corrected chi connectivity index (χ2v) is 6.38. The molecule has 0 fully saturated rings. The number of non-ortho nitro benzene ring substituents is 1. The Morgan fingerprint density at radius 2 is 2.10 bits per heavy atom. The van der Waals surface area contributed by atoms with E-state index in [2.05, 4.69) is 0 Å². The van der Waals surface area contributed by atoms with E-state index in [1.54, 1.807) is 19.9 Å². The second kappa shape index (κ2) is 6.60. The number of hydrogen-bond donors (Lipinski definition) is 1. The lowest BCUT2D eigenvalue weighted by Crippen LogP contribution is -2.26. The normalized spacial score (nSPS) is 11.2. The number of nitro groups is 1. The van der Waals surface area contributed by atoms with Crippen LogP contribution < -0.4 is 4.74 Å². The zero-order valence-corrected chi connectivity index (χ0v) is 12.4. The van der Waals surface area contributed by atoms with Gasteiger partial charge in [-0.1, -0.05) is 6.92 Å². The minimum absolute atomic E-state index is 0.109. The molecule has 1 N–H and O–H groups in total. The minimum atomic E-state index is -1.07. The summed E-state index contributed by atoms with van der Waals surface area (Å²) < 4.78 is 4.32. The molecule has 1 aromatic rings. The van der Waals surface area contributed by atoms with Crippen molar-refractivity contribution < 1.29 is 19.6 Å². The Balaban J connectivity index is 3.08. The molecule has 0 aromatic heterocycles. The summed E-state index contributed by atoms with van der Waals surface area (Å²) in [7, 11) is 0. The summed E-state index contributed by atoms with van der Waals surface area (Å²) >= 11 is 1.05. The van der Waals surface area contributed by atoms with E-state index >= 15 is 0 Å². The maximum atomic E-state index is 11.1. The fraction of sp³-hybridized carbons (Fsp3) is 0.462. The van der Waals surface area contributed by atoms with Crippen molar-refractivity contribution >= 4 is 23.4 Å². The van der Waals surface area contributed by atoms with Crippen LogP contribution in [0.3, 0.4) is 0 Å². The van der Waals surface area contributed by atoms with E-state index in [9.17, 15) is 14.9 Å². The summed E-state index contributed by atoms with van der Waals surface area (Å²) in [4.78, 5) is 22.0. The van der Waals surface area contributed by atoms with Gasteiger partial charge in [0.2, 0.25) is 0 Å². The topological polar surface area (TPSA) is 89.7 Å². The summed E-state index contributed by atoms with van der Waals surface area (Å²) in [5, 5.41) is 20.0. The number of hydrogen-bond acceptors (Lipinski definition) is 5. The summed E-state index contributed by atoms with van der Waals surface area (Å²) in [6, 6.07) is 4.32. The Kier molecular flexibility index (Phi) is 5.38. The molecule has 110 valence electrons. The summed E-state index contributed by atoms with van der Waals surface area (Å²) in [5.41, 5.74) is -0.109. The minimum Gasteiger partial charge on any atom is -0.493 e. The zero-order chi connectivity index (χ0) is 15.3. The van der Waals surface area contributed by atoms with Gasteiger partial charge in [0.15, 0.2) is 0 Å². The molecule has 1 rings (SSSR count). The molecule has 1 aromatic carbocycles. The SMILES string of the molecule is CCCOc1cc(SC(C)(C)C(=O)O)cc([N+](=O)[O-])c1. The quantitative estimate of drug-likeness (QED) is 0.472. The van der Waals surface area contributed by atoms with Gasteiger partial charge in [-0.05, 0) is 26.3 Å². The van der Waals surface area contributed by atoms with Gasteiger partial charge in [0, 0.05) is 11.0 Å². The Labute approximate surface area is 121 Å². The van der Waals surface area contributed by atoms with Crippen molar-refractivity contribution in [3.63, 3.8) is 0 Å². The smallest absolute Gasteiger partial charge is 0.319 e. The number of carboxylic acid groups (broad SMARTS) is 1. The van der Waals surface area contributed by atoms with Gasteiger partial charge >= 0.3 is 5.97 Å². The molecular weight excluding hydrogens is 282 g/mol. The van der Waals surface area contributed by atoms with Gasteiger partial charge < -0.3 is 9.84 Å². The van der Waals surface area contributed by atoms with Crippen LogP contribution >= 0.6 is 11.8 Å². The van der Waals surface area contributed by atoms with Gasteiger partial charge in [-0.25, -0.2) is 0 Å². The van der Waals surface area contributed by atoms with Gasteiger partial charge in [0.1, 0.15) is 10.5 Å². The number of benzene rings is 1. The molecule has 0 aliphatic carbocycles. The molecule has 0 saturated carbocycles. The molecule has 0 atom stereocenters. The number of nitro benzene ring substituents is 1. The van der Waals surface area contributed by atoms with Crippen LogP contribution in [0.4, 0.5) is 5.69 Å². The zero-order valence-electron chi connectivity index (χ0n) is 11.6. The summed E-state index contributed by atoms with van der Waals surface area (Å²) in [6.07, 6.45) is 0.784. The van der Waals surface area contributed by atoms with E-state index < -0.39 is 15.6 Å². The molecule has 0 spiro atoms. The highest BCUT2D eigenvalue weighted by Crippen LogP contribution is 2.37. The third kappa shape index (κ3) is 4.41. The molecule has 6 nitrogen and oxygen atoms in total. The summed E-state index contributed by atoms with van der Waals surface area (Å²) in [6.45, 7) is 5.48. The number of carbonyl (C=O) groups is 1. The van der Waals surface area contributed by atoms with Crippen LogP contribution in [0.1, 0.15) is 27.2 Å². The first kappa shape index (κ1) is 16.3. The fourth-order valence-corrected chi connectivity index (χ4v) is 2.39. The van der Waals surface area contributed by atoms with Gasteiger partial charge in [-0.15, -0.1) is 11.8 Å². The first-order valence-electron chi connectivity index (χ1n) is 6.11. The summed E-state index contributed by atoms with van der Waals surface area (Å²) in [5.74, 6) is -0.602. The highest BCUT2D eigenvalue weighted by Gasteiger charge is 2.29. The van der Waals surface area contributed by atoms with Gasteiger partial charge in [-0.3, -0.25) is 14.9 Å². The number of nitrogens with zero attached hydrogens (tertiary/aromatic N) is 1. The van der Waals surface area contributed by atoms with Crippen LogP contribution in [0.25, 0.3) is 0 Å². The van der Waals surface area contributed by atoms with E-state index in [4.69, 9.17) is 9.84 Å². The van der Waals surface area contributed by atoms with Crippen LogP contribution in [-0.4, -0.2) is 27.4 Å². The van der Waals surface area contributed by atoms with E-state index in [-0.39, 0.29) is 5.69 Å². The Morgan fingerprint density at radius 1 is 1.45 bits per heavy atom. The third-order valence-corrected chi connectivity index (χ3v) is 3.59. The number of carboxylic acids is 1. The molecule has 0 saturated heterocycles. The molecular formula is C13H17NO5S. The van der Waals surface area contributed by atoms with Crippen molar-refractivity contribution in [3.8, 4) is 5.75 Å². The van der Waals surface area contributed by atoms with Crippen LogP contribution in [0, 0.1) is 10.1 Å². The van der Waals surface area contributed by atoms with Crippen LogP contribution in [-0.2, 0) is 4.79 Å². The maximum absolute atomic E-state index is 11.1. The average Bonchev–Trinajstić information content (AvgIpc) is 2.35. The number of ether oxygens (including phenoxy) is 1. The number of rotatable bonds is 7. The highest BCUT2D eigenvalue weighted by atomic mass is 32.2. The van der Waals surface area contributed by atoms with Crippen LogP contribution in [0.2, 0.25) is 0 Å². The number of thioether (sulfide) groups is 1. The van der Waals surface area contributed by atoms with Crippen molar-refractivity contribution in [3.05, 3.63) is 28.3 Å². The highest BCUT2D eigenvalue weighted by molar-refractivity contribution is 8.01. The molecule has 0 heterocycles.